The van der Waals surface area contributed by atoms with Crippen molar-refractivity contribution in [2.24, 2.45) is 13.0 Å². The highest BCUT2D eigenvalue weighted by molar-refractivity contribution is 7.89. The van der Waals surface area contributed by atoms with Gasteiger partial charge in [0.1, 0.15) is 5.82 Å². The maximum atomic E-state index is 13.5. The molecule has 0 radical (unpaired) electrons. The molecular formula is C22H21F3N4O3S. The van der Waals surface area contributed by atoms with E-state index in [0.29, 0.717) is 11.1 Å². The van der Waals surface area contributed by atoms with Gasteiger partial charge in [-0.3, -0.25) is 4.79 Å². The summed E-state index contributed by atoms with van der Waals surface area (Å²) >= 11 is 0. The van der Waals surface area contributed by atoms with Gasteiger partial charge in [-0.15, -0.1) is 0 Å². The van der Waals surface area contributed by atoms with E-state index in [-0.39, 0.29) is 24.7 Å². The number of hydrogen-bond donors (Lipinski definition) is 1. The molecule has 1 fully saturated rings. The van der Waals surface area contributed by atoms with Crippen molar-refractivity contribution in [3.8, 4) is 0 Å². The average Bonchev–Trinajstić information content (AvgIpc) is 3.42. The molecule has 4 rings (SSSR count). The first-order valence-electron chi connectivity index (χ1n) is 10.1. The number of nitrogens with one attached hydrogen (secondary N) is 1. The lowest BCUT2D eigenvalue weighted by atomic mass is 9.88. The van der Waals surface area contributed by atoms with Crippen LogP contribution in [0.5, 0.6) is 0 Å². The Hall–Kier alpha value is -3.18. The average molecular weight is 478 g/mol. The third kappa shape index (κ3) is 4.79. The van der Waals surface area contributed by atoms with Gasteiger partial charge >= 0.3 is 0 Å². The molecule has 33 heavy (non-hydrogen) atoms. The summed E-state index contributed by atoms with van der Waals surface area (Å²) in [5.41, 5.74) is 0.972. The molecule has 1 aliphatic rings. The van der Waals surface area contributed by atoms with Crippen LogP contribution in [-0.4, -0.2) is 41.3 Å². The summed E-state index contributed by atoms with van der Waals surface area (Å²) < 4.78 is 68.9. The number of carbonyl (C=O) groups excluding carboxylic acids is 1. The lowest BCUT2D eigenvalue weighted by Crippen LogP contribution is -2.35. The largest absolute Gasteiger partial charge is 0.352 e. The fourth-order valence-corrected chi connectivity index (χ4v) is 5.36. The summed E-state index contributed by atoms with van der Waals surface area (Å²) in [7, 11) is -2.31. The van der Waals surface area contributed by atoms with Crippen LogP contribution in [0.3, 0.4) is 0 Å². The second kappa shape index (κ2) is 8.99. The van der Waals surface area contributed by atoms with Crippen molar-refractivity contribution in [3.63, 3.8) is 0 Å². The number of rotatable bonds is 6. The molecular weight excluding hydrogens is 457 g/mol. The molecule has 2 heterocycles. The maximum Gasteiger partial charge on any atom is 0.262 e. The number of benzene rings is 2. The smallest absolute Gasteiger partial charge is 0.262 e. The van der Waals surface area contributed by atoms with Crippen molar-refractivity contribution >= 4 is 15.9 Å². The topological polar surface area (TPSA) is 84.3 Å². The molecule has 7 nitrogen and oxygen atoms in total. The summed E-state index contributed by atoms with van der Waals surface area (Å²) in [5, 5.41) is 2.54. The van der Waals surface area contributed by atoms with Crippen molar-refractivity contribution < 1.29 is 26.4 Å². The third-order valence-electron chi connectivity index (χ3n) is 5.66. The summed E-state index contributed by atoms with van der Waals surface area (Å²) in [4.78, 5) is 17.0. The van der Waals surface area contributed by atoms with Gasteiger partial charge < -0.3 is 9.88 Å². The Morgan fingerprint density at radius 1 is 1.09 bits per heavy atom. The predicted octanol–water partition coefficient (Wildman–Crippen LogP) is 2.56. The molecule has 1 amide bonds. The Balaban J connectivity index is 1.58. The molecule has 0 bridgehead atoms. The van der Waals surface area contributed by atoms with Crippen molar-refractivity contribution in [2.45, 2.75) is 17.5 Å². The predicted molar refractivity (Wildman–Crippen MR) is 113 cm³/mol. The second-order valence-corrected chi connectivity index (χ2v) is 9.82. The zero-order valence-corrected chi connectivity index (χ0v) is 18.4. The first-order chi connectivity index (χ1) is 15.6. The van der Waals surface area contributed by atoms with E-state index in [4.69, 9.17) is 0 Å². The Labute approximate surface area is 188 Å². The van der Waals surface area contributed by atoms with Gasteiger partial charge in [-0.1, -0.05) is 18.2 Å². The molecule has 0 unspecified atom stereocenters. The van der Waals surface area contributed by atoms with E-state index in [1.807, 2.05) is 0 Å². The van der Waals surface area contributed by atoms with Gasteiger partial charge in [-0.2, -0.15) is 4.31 Å². The van der Waals surface area contributed by atoms with E-state index in [2.05, 4.69) is 10.3 Å². The van der Waals surface area contributed by atoms with Crippen molar-refractivity contribution in [2.75, 3.05) is 13.1 Å². The highest BCUT2D eigenvalue weighted by Gasteiger charge is 2.44. The first-order valence-corrected chi connectivity index (χ1v) is 11.5. The quantitative estimate of drug-likeness (QED) is 0.590. The van der Waals surface area contributed by atoms with E-state index >= 15 is 0 Å². The number of halogens is 3. The highest BCUT2D eigenvalue weighted by Crippen LogP contribution is 2.36. The highest BCUT2D eigenvalue weighted by atomic mass is 32.2. The van der Waals surface area contributed by atoms with Crippen molar-refractivity contribution in [1.29, 1.82) is 0 Å². The molecule has 3 aromatic rings. The van der Waals surface area contributed by atoms with Gasteiger partial charge in [-0.05, 0) is 35.4 Å². The SMILES string of the molecule is Cn1cnc(S(=O)(=O)N2C[C@@H](C(=O)NCc3ccc(F)c(F)c3)[C@H](c3ccc(F)cc3)C2)c1. The second-order valence-electron chi connectivity index (χ2n) is 7.93. The number of amides is 1. The molecule has 1 aliphatic heterocycles. The van der Waals surface area contributed by atoms with Gasteiger partial charge in [0, 0.05) is 38.8 Å². The lowest BCUT2D eigenvalue weighted by molar-refractivity contribution is -0.125. The number of nitrogens with zero attached hydrogens (tertiary/aromatic N) is 3. The monoisotopic (exact) mass is 478 g/mol. The summed E-state index contributed by atoms with van der Waals surface area (Å²) in [5.74, 6) is -4.23. The van der Waals surface area contributed by atoms with Crippen LogP contribution in [0.25, 0.3) is 0 Å². The lowest BCUT2D eigenvalue weighted by Gasteiger charge is -2.18. The van der Waals surface area contributed by atoms with Gasteiger partial charge in [0.2, 0.25) is 5.91 Å². The van der Waals surface area contributed by atoms with Gasteiger partial charge in [0.25, 0.3) is 10.0 Å². The molecule has 174 valence electrons. The normalized spacial score (nSPS) is 19.0. The molecule has 1 saturated heterocycles. The number of hydrogen-bond acceptors (Lipinski definition) is 4. The Morgan fingerprint density at radius 2 is 1.82 bits per heavy atom. The zero-order valence-electron chi connectivity index (χ0n) is 17.6. The van der Waals surface area contributed by atoms with E-state index in [1.54, 1.807) is 7.05 Å². The first kappa shape index (κ1) is 23.0. The van der Waals surface area contributed by atoms with E-state index in [9.17, 15) is 26.4 Å². The fraction of sp³-hybridized carbons (Fsp3) is 0.273. The zero-order chi connectivity index (χ0) is 23.8. The van der Waals surface area contributed by atoms with Crippen LogP contribution in [0.4, 0.5) is 13.2 Å². The van der Waals surface area contributed by atoms with Crippen LogP contribution in [0, 0.1) is 23.4 Å². The van der Waals surface area contributed by atoms with Crippen LogP contribution in [0.1, 0.15) is 17.0 Å². The molecule has 0 aliphatic carbocycles. The standard InChI is InChI=1S/C22H21F3N4O3S/c1-28-12-21(27-13-28)33(31,32)29-10-17(15-3-5-16(23)6-4-15)18(11-29)22(30)26-9-14-2-7-19(24)20(25)8-14/h2-8,12-13,17-18H,9-11H2,1H3,(H,26,30)/t17-,18+/m0/s1. The van der Waals surface area contributed by atoms with E-state index in [0.717, 1.165) is 12.1 Å². The summed E-state index contributed by atoms with van der Waals surface area (Å²) in [6.45, 7) is -0.159. The fourth-order valence-electron chi connectivity index (χ4n) is 3.90. The van der Waals surface area contributed by atoms with E-state index < -0.39 is 45.2 Å². The molecule has 2 aromatic carbocycles. The molecule has 1 aromatic heterocycles. The number of imidazole rings is 1. The van der Waals surface area contributed by atoms with Crippen LogP contribution in [0.15, 0.2) is 60.0 Å². The molecule has 0 spiro atoms. The van der Waals surface area contributed by atoms with Gasteiger partial charge in [0.15, 0.2) is 16.7 Å². The molecule has 2 atom stereocenters. The van der Waals surface area contributed by atoms with Crippen LogP contribution in [0.2, 0.25) is 0 Å². The Bertz CT molecular complexity index is 1280. The van der Waals surface area contributed by atoms with Crippen LogP contribution in [-0.2, 0) is 28.4 Å². The van der Waals surface area contributed by atoms with Gasteiger partial charge in [0.05, 0.1) is 12.2 Å². The number of sulfonamides is 1. The number of aromatic nitrogens is 2. The van der Waals surface area contributed by atoms with E-state index in [1.165, 1.54) is 51.7 Å². The summed E-state index contributed by atoms with van der Waals surface area (Å²) in [6, 6.07) is 8.85. The summed E-state index contributed by atoms with van der Waals surface area (Å²) in [6.07, 6.45) is 2.74. The minimum absolute atomic E-state index is 0.00774. The minimum atomic E-state index is -3.95. The minimum Gasteiger partial charge on any atom is -0.352 e. The maximum absolute atomic E-state index is 13.5. The van der Waals surface area contributed by atoms with Gasteiger partial charge in [-0.25, -0.2) is 26.6 Å². The van der Waals surface area contributed by atoms with Crippen LogP contribution >= 0.6 is 0 Å². The Morgan fingerprint density at radius 3 is 2.45 bits per heavy atom. The number of aryl methyl sites for hydroxylation is 1. The molecule has 11 heteroatoms. The molecule has 0 saturated carbocycles. The molecule has 1 N–H and O–H groups in total. The third-order valence-corrected chi connectivity index (χ3v) is 7.37. The van der Waals surface area contributed by atoms with Crippen LogP contribution < -0.4 is 5.32 Å². The number of carbonyl (C=O) groups is 1. The Kier molecular flexibility index (Phi) is 6.26. The van der Waals surface area contributed by atoms with Crippen molar-refractivity contribution in [3.05, 3.63) is 83.6 Å². The van der Waals surface area contributed by atoms with Crippen molar-refractivity contribution in [1.82, 2.24) is 19.2 Å².